The lowest BCUT2D eigenvalue weighted by Gasteiger charge is -2.14. The van der Waals surface area contributed by atoms with Gasteiger partial charge in [0.25, 0.3) is 0 Å². The van der Waals surface area contributed by atoms with Gasteiger partial charge in [0.15, 0.2) is 17.3 Å². The van der Waals surface area contributed by atoms with E-state index >= 15 is 0 Å². The second-order valence-corrected chi connectivity index (χ2v) is 6.11. The molecule has 1 saturated heterocycles. The highest BCUT2D eigenvalue weighted by atomic mass is 16.6. The zero-order chi connectivity index (χ0) is 19.0. The highest BCUT2D eigenvalue weighted by molar-refractivity contribution is 5.89. The molecular formula is C17H17N5O5. The fourth-order valence-corrected chi connectivity index (χ4v) is 2.92. The summed E-state index contributed by atoms with van der Waals surface area (Å²) in [6, 6.07) is 8.43. The third kappa shape index (κ3) is 3.21. The summed E-state index contributed by atoms with van der Waals surface area (Å²) in [5, 5.41) is 20.6. The lowest BCUT2D eigenvalue weighted by atomic mass is 10.1. The van der Waals surface area contributed by atoms with Crippen molar-refractivity contribution in [3.8, 4) is 0 Å². The van der Waals surface area contributed by atoms with E-state index in [0.29, 0.717) is 16.7 Å². The largest absolute Gasteiger partial charge is 0.459 e. The number of hydrogen-bond donors (Lipinski definition) is 4. The Labute approximate surface area is 153 Å². The summed E-state index contributed by atoms with van der Waals surface area (Å²) in [6.45, 7) is -0.234. The number of H-pyrrole nitrogens is 1. The first kappa shape index (κ1) is 17.3. The van der Waals surface area contributed by atoms with Gasteiger partial charge in [-0.05, 0) is 12.1 Å². The average Bonchev–Trinajstić information content (AvgIpc) is 3.26. The van der Waals surface area contributed by atoms with Crippen LogP contribution >= 0.6 is 0 Å². The third-order valence-corrected chi connectivity index (χ3v) is 4.34. The molecule has 0 bridgehead atoms. The highest BCUT2D eigenvalue weighted by Gasteiger charge is 2.45. The van der Waals surface area contributed by atoms with Crippen molar-refractivity contribution >= 4 is 23.0 Å². The molecule has 0 amide bonds. The van der Waals surface area contributed by atoms with Gasteiger partial charge in [-0.1, -0.05) is 18.2 Å². The Morgan fingerprint density at radius 3 is 2.78 bits per heavy atom. The van der Waals surface area contributed by atoms with Gasteiger partial charge in [-0.25, -0.2) is 19.7 Å². The Balaban J connectivity index is 1.48. The van der Waals surface area contributed by atoms with Crippen molar-refractivity contribution in [3.05, 3.63) is 48.0 Å². The van der Waals surface area contributed by atoms with Gasteiger partial charge in [0.05, 0.1) is 11.9 Å². The summed E-state index contributed by atoms with van der Waals surface area (Å²) in [6.07, 6.45) is -3.12. The van der Waals surface area contributed by atoms with E-state index in [9.17, 15) is 15.0 Å². The van der Waals surface area contributed by atoms with Gasteiger partial charge in [0, 0.05) is 0 Å². The van der Waals surface area contributed by atoms with E-state index < -0.39 is 30.4 Å². The van der Waals surface area contributed by atoms with E-state index in [1.54, 1.807) is 30.3 Å². The summed E-state index contributed by atoms with van der Waals surface area (Å²) in [5.41, 5.74) is 7.03. The van der Waals surface area contributed by atoms with Gasteiger partial charge >= 0.3 is 5.97 Å². The molecule has 10 heteroatoms. The van der Waals surface area contributed by atoms with Crippen LogP contribution in [0.4, 0.5) is 5.82 Å². The standard InChI is InChI=1S/C17H17N5O5/c18-14-10-15(20-7-19-10)22-16(21-14)13-12(24)11(23)9(27-13)6-26-17(25)8-4-2-1-3-5-8/h1-5,7,9,11-13,23-24H,6H2,(H3,18,19,20,21,22)/t9-,11-,12-,13-/m1/s1. The number of benzene rings is 1. The van der Waals surface area contributed by atoms with Crippen LogP contribution in [-0.2, 0) is 9.47 Å². The first-order valence-electron chi connectivity index (χ1n) is 8.25. The number of nitrogens with one attached hydrogen (secondary N) is 1. The number of anilines is 1. The van der Waals surface area contributed by atoms with Gasteiger partial charge in [-0.15, -0.1) is 0 Å². The predicted molar refractivity (Wildman–Crippen MR) is 92.4 cm³/mol. The molecule has 5 N–H and O–H groups in total. The Kier molecular flexibility index (Phi) is 4.44. The lowest BCUT2D eigenvalue weighted by molar-refractivity contribution is -0.0359. The molecule has 0 spiro atoms. The maximum Gasteiger partial charge on any atom is 0.338 e. The number of carbonyl (C=O) groups excluding carboxylic acids is 1. The van der Waals surface area contributed by atoms with Gasteiger partial charge in [0.2, 0.25) is 0 Å². The molecular weight excluding hydrogens is 354 g/mol. The summed E-state index contributed by atoms with van der Waals surface area (Å²) in [5.74, 6) is -0.310. The van der Waals surface area contributed by atoms with Crippen molar-refractivity contribution in [3.63, 3.8) is 0 Å². The summed E-state index contributed by atoms with van der Waals surface area (Å²) in [7, 11) is 0. The van der Waals surface area contributed by atoms with Crippen molar-refractivity contribution < 1.29 is 24.5 Å². The lowest BCUT2D eigenvalue weighted by Crippen LogP contribution is -2.34. The molecule has 1 aromatic carbocycles. The van der Waals surface area contributed by atoms with Gasteiger partial charge in [-0.2, -0.15) is 0 Å². The van der Waals surface area contributed by atoms with Crippen LogP contribution in [-0.4, -0.2) is 61.0 Å². The molecule has 10 nitrogen and oxygen atoms in total. The molecule has 4 rings (SSSR count). The number of imidazole rings is 1. The first-order chi connectivity index (χ1) is 13.0. The monoisotopic (exact) mass is 371 g/mol. The second-order valence-electron chi connectivity index (χ2n) is 6.11. The normalized spacial score (nSPS) is 25.0. The van der Waals surface area contributed by atoms with E-state index in [1.165, 1.54) is 6.33 Å². The molecule has 1 aliphatic rings. The van der Waals surface area contributed by atoms with Gasteiger partial charge in [-0.3, -0.25) is 0 Å². The van der Waals surface area contributed by atoms with E-state index in [4.69, 9.17) is 15.2 Å². The van der Waals surface area contributed by atoms with E-state index in [0.717, 1.165) is 0 Å². The molecule has 0 aliphatic carbocycles. The van der Waals surface area contributed by atoms with Crippen LogP contribution in [0, 0.1) is 0 Å². The van der Waals surface area contributed by atoms with Crippen LogP contribution in [0.25, 0.3) is 11.2 Å². The number of fused-ring (bicyclic) bond motifs is 1. The minimum Gasteiger partial charge on any atom is -0.459 e. The number of carbonyl (C=O) groups is 1. The molecule has 1 aliphatic heterocycles. The first-order valence-corrected chi connectivity index (χ1v) is 8.25. The highest BCUT2D eigenvalue weighted by Crippen LogP contribution is 2.33. The second kappa shape index (κ2) is 6.91. The van der Waals surface area contributed by atoms with E-state index in [2.05, 4.69) is 19.9 Å². The Bertz CT molecular complexity index is 963. The van der Waals surface area contributed by atoms with Crippen LogP contribution < -0.4 is 5.73 Å². The van der Waals surface area contributed by atoms with Crippen molar-refractivity contribution in [2.24, 2.45) is 0 Å². The number of rotatable bonds is 4. The van der Waals surface area contributed by atoms with Gasteiger partial charge in [0.1, 0.15) is 36.5 Å². The van der Waals surface area contributed by atoms with Crippen molar-refractivity contribution in [1.29, 1.82) is 0 Å². The fraction of sp³-hybridized carbons (Fsp3) is 0.294. The average molecular weight is 371 g/mol. The molecule has 0 unspecified atom stereocenters. The molecule has 4 atom stereocenters. The number of nitrogen functional groups attached to an aromatic ring is 1. The zero-order valence-corrected chi connectivity index (χ0v) is 14.0. The Morgan fingerprint density at radius 1 is 1.22 bits per heavy atom. The smallest absolute Gasteiger partial charge is 0.338 e. The van der Waals surface area contributed by atoms with Crippen LogP contribution in [0.1, 0.15) is 22.3 Å². The Morgan fingerprint density at radius 2 is 2.00 bits per heavy atom. The molecule has 3 heterocycles. The van der Waals surface area contributed by atoms with Crippen LogP contribution in [0.5, 0.6) is 0 Å². The molecule has 3 aromatic rings. The van der Waals surface area contributed by atoms with Gasteiger partial charge < -0.3 is 30.4 Å². The third-order valence-electron chi connectivity index (χ3n) is 4.34. The number of esters is 1. The summed E-state index contributed by atoms with van der Waals surface area (Å²) < 4.78 is 10.8. The topological polar surface area (TPSA) is 156 Å². The number of nitrogens with zero attached hydrogens (tertiary/aromatic N) is 3. The molecule has 0 saturated carbocycles. The number of aliphatic hydroxyl groups excluding tert-OH is 2. The number of aliphatic hydroxyl groups is 2. The minimum absolute atomic E-state index is 0.0931. The Hall–Kier alpha value is -3.08. The van der Waals surface area contributed by atoms with Crippen molar-refractivity contribution in [1.82, 2.24) is 19.9 Å². The van der Waals surface area contributed by atoms with Crippen LogP contribution in [0.2, 0.25) is 0 Å². The van der Waals surface area contributed by atoms with E-state index in [-0.39, 0.29) is 18.2 Å². The maximum atomic E-state index is 12.0. The number of aromatic amines is 1. The minimum atomic E-state index is -1.30. The summed E-state index contributed by atoms with van der Waals surface area (Å²) >= 11 is 0. The molecule has 0 radical (unpaired) electrons. The number of ether oxygens (including phenoxy) is 2. The maximum absolute atomic E-state index is 12.0. The molecule has 1 fully saturated rings. The van der Waals surface area contributed by atoms with Crippen molar-refractivity contribution in [2.45, 2.75) is 24.4 Å². The quantitative estimate of drug-likeness (QED) is 0.462. The predicted octanol–water partition coefficient (Wildman–Crippen LogP) is -0.0462. The number of hydrogen-bond acceptors (Lipinski definition) is 9. The zero-order valence-electron chi connectivity index (χ0n) is 14.0. The number of aromatic nitrogens is 4. The van der Waals surface area contributed by atoms with E-state index in [1.807, 2.05) is 0 Å². The van der Waals surface area contributed by atoms with Crippen LogP contribution in [0.15, 0.2) is 36.7 Å². The molecule has 2 aromatic heterocycles. The van der Waals surface area contributed by atoms with Crippen LogP contribution in [0.3, 0.4) is 0 Å². The number of nitrogens with two attached hydrogens (primary N) is 1. The van der Waals surface area contributed by atoms with Crippen molar-refractivity contribution in [2.75, 3.05) is 12.3 Å². The molecule has 140 valence electrons. The fourth-order valence-electron chi connectivity index (χ4n) is 2.92. The SMILES string of the molecule is Nc1nc([C@@H]2O[C@H](COC(=O)c3ccccc3)[C@@H](O)[C@H]2O)nc2nc[nH]c12. The summed E-state index contributed by atoms with van der Waals surface area (Å²) in [4.78, 5) is 27.2. The molecule has 27 heavy (non-hydrogen) atoms.